The van der Waals surface area contributed by atoms with Crippen molar-refractivity contribution in [3.05, 3.63) is 48.1 Å². The van der Waals surface area contributed by atoms with Crippen LogP contribution in [0.3, 0.4) is 0 Å². The van der Waals surface area contributed by atoms with Gasteiger partial charge in [0.15, 0.2) is 0 Å². The molecule has 4 N–H and O–H groups in total. The lowest BCUT2D eigenvalue weighted by Crippen LogP contribution is -2.23. The fourth-order valence-electron chi connectivity index (χ4n) is 0.888. The van der Waals surface area contributed by atoms with Gasteiger partial charge in [-0.25, -0.2) is 0 Å². The summed E-state index contributed by atoms with van der Waals surface area (Å²) in [5, 5.41) is 0. The van der Waals surface area contributed by atoms with Gasteiger partial charge in [-0.15, -0.1) is 0 Å². The molecule has 1 atom stereocenters. The lowest BCUT2D eigenvalue weighted by molar-refractivity contribution is 0.830. The van der Waals surface area contributed by atoms with E-state index in [4.69, 9.17) is 11.5 Å². The van der Waals surface area contributed by atoms with E-state index in [-0.39, 0.29) is 6.04 Å². The molecular formula is C12H20N2. The fourth-order valence-corrected chi connectivity index (χ4v) is 0.888. The molecule has 0 heterocycles. The van der Waals surface area contributed by atoms with E-state index < -0.39 is 0 Å². The zero-order chi connectivity index (χ0) is 10.8. The number of nitrogens with two attached hydrogens (primary N) is 2. The van der Waals surface area contributed by atoms with Crippen LogP contribution in [0.1, 0.15) is 13.8 Å². The topological polar surface area (TPSA) is 52.0 Å². The van der Waals surface area contributed by atoms with Gasteiger partial charge in [0.2, 0.25) is 0 Å². The second kappa shape index (κ2) is 8.48. The maximum absolute atomic E-state index is 5.70. The van der Waals surface area contributed by atoms with E-state index in [9.17, 15) is 0 Å². The first kappa shape index (κ1) is 12.9. The quantitative estimate of drug-likeness (QED) is 0.654. The first-order chi connectivity index (χ1) is 6.72. The van der Waals surface area contributed by atoms with E-state index in [1.807, 2.05) is 56.4 Å². The number of hydrogen-bond donors (Lipinski definition) is 2. The average Bonchev–Trinajstić information content (AvgIpc) is 2.16. The summed E-state index contributed by atoms with van der Waals surface area (Å²) in [7, 11) is 0. The highest BCUT2D eigenvalue weighted by Gasteiger charge is 1.97. The molecule has 0 aromatic heterocycles. The van der Waals surface area contributed by atoms with Gasteiger partial charge in [-0.3, -0.25) is 0 Å². The van der Waals surface area contributed by atoms with Crippen LogP contribution in [0.15, 0.2) is 48.1 Å². The van der Waals surface area contributed by atoms with E-state index in [0.29, 0.717) is 6.54 Å². The van der Waals surface area contributed by atoms with Crippen molar-refractivity contribution in [1.82, 2.24) is 0 Å². The standard InChI is InChI=1S/C12H20N2/c1-3-4-5-6-7-8-9-12(10-13)11(2)14/h3-9,11H,10,13-14H2,1-2H3/b4-3-,6-5?,8-7?,12-9+. The third-order valence-corrected chi connectivity index (χ3v) is 1.77. The number of rotatable bonds is 5. The largest absolute Gasteiger partial charge is 0.327 e. The molecule has 0 saturated heterocycles. The molecule has 0 spiro atoms. The van der Waals surface area contributed by atoms with Crippen molar-refractivity contribution in [2.45, 2.75) is 19.9 Å². The molecule has 0 aliphatic heterocycles. The van der Waals surface area contributed by atoms with Crippen LogP contribution in [0.5, 0.6) is 0 Å². The average molecular weight is 192 g/mol. The summed E-state index contributed by atoms with van der Waals surface area (Å²) in [6.45, 7) is 4.43. The summed E-state index contributed by atoms with van der Waals surface area (Å²) in [5.41, 5.74) is 12.3. The van der Waals surface area contributed by atoms with Gasteiger partial charge in [0.05, 0.1) is 0 Å². The molecule has 0 rings (SSSR count). The Morgan fingerprint density at radius 2 is 1.71 bits per heavy atom. The molecular weight excluding hydrogens is 172 g/mol. The van der Waals surface area contributed by atoms with Crippen molar-refractivity contribution in [2.75, 3.05) is 6.54 Å². The second-order valence-electron chi connectivity index (χ2n) is 3.03. The van der Waals surface area contributed by atoms with Crippen LogP contribution < -0.4 is 11.5 Å². The van der Waals surface area contributed by atoms with E-state index in [2.05, 4.69) is 0 Å². The fraction of sp³-hybridized carbons (Fsp3) is 0.333. The monoisotopic (exact) mass is 192 g/mol. The molecule has 0 amide bonds. The highest BCUT2D eigenvalue weighted by Crippen LogP contribution is 1.97. The van der Waals surface area contributed by atoms with Crippen molar-refractivity contribution in [1.29, 1.82) is 0 Å². The smallest absolute Gasteiger partial charge is 0.0240 e. The third-order valence-electron chi connectivity index (χ3n) is 1.77. The number of allylic oxidation sites excluding steroid dienone is 7. The van der Waals surface area contributed by atoms with E-state index in [1.165, 1.54) is 0 Å². The Bertz CT molecular complexity index is 245. The summed E-state index contributed by atoms with van der Waals surface area (Å²) in [5.74, 6) is 0. The van der Waals surface area contributed by atoms with Crippen molar-refractivity contribution >= 4 is 0 Å². The maximum Gasteiger partial charge on any atom is 0.0240 e. The van der Waals surface area contributed by atoms with E-state index in [0.717, 1.165) is 5.57 Å². The Balaban J connectivity index is 4.11. The molecule has 1 unspecified atom stereocenters. The SMILES string of the molecule is C/C=C\C=CC=C/C=C(\CN)C(C)N. The summed E-state index contributed by atoms with van der Waals surface area (Å²) in [6, 6.07) is 0.0316. The lowest BCUT2D eigenvalue weighted by Gasteiger charge is -2.06. The Kier molecular flexibility index (Phi) is 7.80. The van der Waals surface area contributed by atoms with Gasteiger partial charge in [0.25, 0.3) is 0 Å². The maximum atomic E-state index is 5.70. The highest BCUT2D eigenvalue weighted by molar-refractivity contribution is 5.21. The van der Waals surface area contributed by atoms with Gasteiger partial charge in [-0.2, -0.15) is 0 Å². The molecule has 0 bridgehead atoms. The normalized spacial score (nSPS) is 16.1. The zero-order valence-electron chi connectivity index (χ0n) is 8.98. The summed E-state index contributed by atoms with van der Waals surface area (Å²) in [4.78, 5) is 0. The van der Waals surface area contributed by atoms with Gasteiger partial charge < -0.3 is 11.5 Å². The van der Waals surface area contributed by atoms with Crippen molar-refractivity contribution < 1.29 is 0 Å². The molecule has 0 aromatic carbocycles. The van der Waals surface area contributed by atoms with E-state index >= 15 is 0 Å². The van der Waals surface area contributed by atoms with Gasteiger partial charge >= 0.3 is 0 Å². The molecule has 2 nitrogen and oxygen atoms in total. The van der Waals surface area contributed by atoms with E-state index in [1.54, 1.807) is 0 Å². The molecule has 2 heteroatoms. The molecule has 0 aromatic rings. The molecule has 0 saturated carbocycles. The minimum absolute atomic E-state index is 0.0316. The molecule has 78 valence electrons. The van der Waals surface area contributed by atoms with Crippen LogP contribution in [0.4, 0.5) is 0 Å². The van der Waals surface area contributed by atoms with Gasteiger partial charge in [0, 0.05) is 12.6 Å². The second-order valence-corrected chi connectivity index (χ2v) is 3.03. The summed E-state index contributed by atoms with van der Waals surface area (Å²) >= 11 is 0. The third kappa shape index (κ3) is 6.40. The molecule has 0 aliphatic rings. The Hall–Kier alpha value is -1.12. The zero-order valence-corrected chi connectivity index (χ0v) is 8.98. The molecule has 0 aliphatic carbocycles. The molecule has 14 heavy (non-hydrogen) atoms. The predicted octanol–water partition coefficient (Wildman–Crippen LogP) is 1.91. The van der Waals surface area contributed by atoms with Crippen LogP contribution in [-0.4, -0.2) is 12.6 Å². The minimum atomic E-state index is 0.0316. The summed E-state index contributed by atoms with van der Waals surface area (Å²) in [6.07, 6.45) is 13.8. The van der Waals surface area contributed by atoms with Crippen LogP contribution in [0.2, 0.25) is 0 Å². The number of hydrogen-bond acceptors (Lipinski definition) is 2. The minimum Gasteiger partial charge on any atom is -0.327 e. The Morgan fingerprint density at radius 1 is 1.14 bits per heavy atom. The summed E-state index contributed by atoms with van der Waals surface area (Å²) < 4.78 is 0. The van der Waals surface area contributed by atoms with Crippen LogP contribution >= 0.6 is 0 Å². The lowest BCUT2D eigenvalue weighted by atomic mass is 10.1. The molecule has 0 fully saturated rings. The van der Waals surface area contributed by atoms with Gasteiger partial charge in [0.1, 0.15) is 0 Å². The highest BCUT2D eigenvalue weighted by atomic mass is 14.6. The Labute approximate surface area is 86.7 Å². The molecule has 0 radical (unpaired) electrons. The van der Waals surface area contributed by atoms with Crippen molar-refractivity contribution in [3.8, 4) is 0 Å². The first-order valence-electron chi connectivity index (χ1n) is 4.83. The van der Waals surface area contributed by atoms with Crippen LogP contribution in [0, 0.1) is 0 Å². The predicted molar refractivity (Wildman–Crippen MR) is 63.9 cm³/mol. The van der Waals surface area contributed by atoms with Gasteiger partial charge in [-0.05, 0) is 19.4 Å². The first-order valence-corrected chi connectivity index (χ1v) is 4.83. The Morgan fingerprint density at radius 3 is 2.21 bits per heavy atom. The van der Waals surface area contributed by atoms with Gasteiger partial charge in [-0.1, -0.05) is 42.5 Å². The van der Waals surface area contributed by atoms with Crippen molar-refractivity contribution in [3.63, 3.8) is 0 Å². The van der Waals surface area contributed by atoms with Crippen LogP contribution in [0.25, 0.3) is 0 Å². The van der Waals surface area contributed by atoms with Crippen molar-refractivity contribution in [2.24, 2.45) is 11.5 Å². The van der Waals surface area contributed by atoms with Crippen LogP contribution in [-0.2, 0) is 0 Å².